The van der Waals surface area contributed by atoms with Crippen molar-refractivity contribution in [2.24, 2.45) is 5.84 Å². The van der Waals surface area contributed by atoms with Crippen molar-refractivity contribution in [1.29, 1.82) is 0 Å². The third-order valence-electron chi connectivity index (χ3n) is 2.73. The van der Waals surface area contributed by atoms with Gasteiger partial charge in [0.1, 0.15) is 11.3 Å². The van der Waals surface area contributed by atoms with Gasteiger partial charge in [-0.1, -0.05) is 32.4 Å². The summed E-state index contributed by atoms with van der Waals surface area (Å²) in [6.45, 7) is 6.55. The molecule has 1 aromatic carbocycles. The topological polar surface area (TPSA) is 51.2 Å². The third kappa shape index (κ3) is 3.89. The van der Waals surface area contributed by atoms with E-state index >= 15 is 0 Å². The molecule has 0 spiro atoms. The highest BCUT2D eigenvalue weighted by atomic mass is 35.5. The lowest BCUT2D eigenvalue weighted by atomic mass is 10.2. The number of benzene rings is 1. The summed E-state index contributed by atoms with van der Waals surface area (Å²) in [7, 11) is 0. The quantitative estimate of drug-likeness (QED) is 0.658. The van der Waals surface area contributed by atoms with Gasteiger partial charge in [-0.15, -0.1) is 0 Å². The summed E-state index contributed by atoms with van der Waals surface area (Å²) < 4.78 is 6.03. The van der Waals surface area contributed by atoms with Crippen molar-refractivity contribution in [3.8, 4) is 0 Å². The van der Waals surface area contributed by atoms with Crippen LogP contribution in [-0.4, -0.2) is 10.5 Å². The molecule has 0 saturated carbocycles. The van der Waals surface area contributed by atoms with Crippen molar-refractivity contribution >= 4 is 34.3 Å². The van der Waals surface area contributed by atoms with E-state index in [0.717, 1.165) is 22.5 Å². The highest BCUT2D eigenvalue weighted by molar-refractivity contribution is 8.00. The number of hydrogen-bond donors (Lipinski definition) is 2. The molecular weight excluding hydrogens is 280 g/mol. The van der Waals surface area contributed by atoms with Gasteiger partial charge in [0.25, 0.3) is 0 Å². The molecule has 0 radical (unpaired) electrons. The summed E-state index contributed by atoms with van der Waals surface area (Å²) in [5.74, 6) is 7.34. The standard InChI is InChI=1S/C14H19ClN2OS/c1-14(2,3)19-8-11(17-16)13-7-9-6-10(15)4-5-12(9)18-13/h4-7,11,17H,8,16H2,1-3H3. The van der Waals surface area contributed by atoms with Crippen LogP contribution in [0.4, 0.5) is 0 Å². The maximum Gasteiger partial charge on any atom is 0.134 e. The summed E-state index contributed by atoms with van der Waals surface area (Å²) in [5.41, 5.74) is 3.65. The second kappa shape index (κ2) is 5.75. The second-order valence-corrected chi connectivity index (χ2v) is 7.76. The first-order valence-electron chi connectivity index (χ1n) is 6.18. The molecule has 2 aromatic rings. The highest BCUT2D eigenvalue weighted by Crippen LogP contribution is 2.31. The van der Waals surface area contributed by atoms with Gasteiger partial charge in [0.05, 0.1) is 6.04 Å². The smallest absolute Gasteiger partial charge is 0.134 e. The van der Waals surface area contributed by atoms with E-state index in [-0.39, 0.29) is 10.8 Å². The monoisotopic (exact) mass is 298 g/mol. The van der Waals surface area contributed by atoms with Crippen molar-refractivity contribution in [2.75, 3.05) is 5.75 Å². The lowest BCUT2D eigenvalue weighted by Gasteiger charge is -2.21. The van der Waals surface area contributed by atoms with Crippen LogP contribution in [0.1, 0.15) is 32.6 Å². The van der Waals surface area contributed by atoms with Gasteiger partial charge < -0.3 is 4.42 Å². The molecule has 2 rings (SSSR count). The van der Waals surface area contributed by atoms with Crippen LogP contribution < -0.4 is 11.3 Å². The summed E-state index contributed by atoms with van der Waals surface area (Å²) in [5, 5.41) is 1.71. The molecule has 0 bridgehead atoms. The van der Waals surface area contributed by atoms with E-state index in [9.17, 15) is 0 Å². The lowest BCUT2D eigenvalue weighted by molar-refractivity contribution is 0.463. The Morgan fingerprint density at radius 1 is 1.37 bits per heavy atom. The lowest BCUT2D eigenvalue weighted by Crippen LogP contribution is -2.30. The number of thioether (sulfide) groups is 1. The first-order chi connectivity index (χ1) is 8.89. The van der Waals surface area contributed by atoms with Gasteiger partial charge in [0.15, 0.2) is 0 Å². The molecule has 1 atom stereocenters. The molecule has 19 heavy (non-hydrogen) atoms. The minimum atomic E-state index is -0.00426. The van der Waals surface area contributed by atoms with E-state index < -0.39 is 0 Å². The normalized spacial score (nSPS) is 13.9. The van der Waals surface area contributed by atoms with Crippen molar-refractivity contribution in [1.82, 2.24) is 5.43 Å². The number of halogens is 1. The predicted octanol–water partition coefficient (Wildman–Crippen LogP) is 4.12. The second-order valence-electron chi connectivity index (χ2n) is 5.47. The first kappa shape index (κ1) is 14.7. The van der Waals surface area contributed by atoms with Crippen LogP contribution in [0.15, 0.2) is 28.7 Å². The van der Waals surface area contributed by atoms with Crippen LogP contribution in [-0.2, 0) is 0 Å². The molecule has 1 aromatic heterocycles. The minimum Gasteiger partial charge on any atom is -0.459 e. The Hall–Kier alpha value is -0.680. The largest absolute Gasteiger partial charge is 0.459 e. The van der Waals surface area contributed by atoms with Gasteiger partial charge >= 0.3 is 0 Å². The number of rotatable bonds is 4. The Morgan fingerprint density at radius 2 is 2.11 bits per heavy atom. The van der Waals surface area contributed by atoms with E-state index in [4.69, 9.17) is 21.9 Å². The Labute approximate surface area is 122 Å². The zero-order valence-corrected chi connectivity index (χ0v) is 12.9. The van der Waals surface area contributed by atoms with Gasteiger partial charge in [0, 0.05) is 20.9 Å². The number of hydrazine groups is 1. The number of fused-ring (bicyclic) bond motifs is 1. The maximum absolute atomic E-state index is 5.98. The molecule has 0 aliphatic rings. The van der Waals surface area contributed by atoms with Crippen LogP contribution in [0.5, 0.6) is 0 Å². The summed E-state index contributed by atoms with van der Waals surface area (Å²) in [6, 6.07) is 7.59. The fourth-order valence-corrected chi connectivity index (χ4v) is 2.86. The molecule has 0 fully saturated rings. The average molecular weight is 299 g/mol. The molecule has 0 amide bonds. The Bertz CT molecular complexity index is 562. The van der Waals surface area contributed by atoms with E-state index in [2.05, 4.69) is 26.2 Å². The SMILES string of the molecule is CC(C)(C)SCC(NN)c1cc2cc(Cl)ccc2o1. The Balaban J connectivity index is 2.20. The first-order valence-corrected chi connectivity index (χ1v) is 7.54. The Kier molecular flexibility index (Phi) is 4.46. The maximum atomic E-state index is 5.98. The molecule has 3 N–H and O–H groups in total. The van der Waals surface area contributed by atoms with Gasteiger partial charge in [-0.25, -0.2) is 5.43 Å². The van der Waals surface area contributed by atoms with Gasteiger partial charge in [-0.3, -0.25) is 5.84 Å². The van der Waals surface area contributed by atoms with Crippen LogP contribution >= 0.6 is 23.4 Å². The summed E-state index contributed by atoms with van der Waals surface area (Å²) in [6.07, 6.45) is 0. The zero-order valence-electron chi connectivity index (χ0n) is 11.4. The average Bonchev–Trinajstić information content (AvgIpc) is 2.71. The van der Waals surface area contributed by atoms with E-state index in [1.807, 2.05) is 36.0 Å². The molecule has 0 aliphatic heterocycles. The minimum absolute atomic E-state index is 0.00426. The van der Waals surface area contributed by atoms with Crippen molar-refractivity contribution in [3.05, 3.63) is 35.0 Å². The molecule has 3 nitrogen and oxygen atoms in total. The van der Waals surface area contributed by atoms with Crippen LogP contribution in [0.2, 0.25) is 5.02 Å². The highest BCUT2D eigenvalue weighted by Gasteiger charge is 2.19. The molecule has 0 aliphatic carbocycles. The Morgan fingerprint density at radius 3 is 2.74 bits per heavy atom. The van der Waals surface area contributed by atoms with E-state index in [0.29, 0.717) is 5.02 Å². The van der Waals surface area contributed by atoms with Crippen LogP contribution in [0.25, 0.3) is 11.0 Å². The number of furan rings is 1. The molecule has 1 unspecified atom stereocenters. The van der Waals surface area contributed by atoms with E-state index in [1.165, 1.54) is 0 Å². The van der Waals surface area contributed by atoms with Gasteiger partial charge in [0.2, 0.25) is 0 Å². The number of hydrogen-bond acceptors (Lipinski definition) is 4. The van der Waals surface area contributed by atoms with Gasteiger partial charge in [-0.2, -0.15) is 11.8 Å². The summed E-state index contributed by atoms with van der Waals surface area (Å²) >= 11 is 7.82. The van der Waals surface area contributed by atoms with E-state index in [1.54, 1.807) is 0 Å². The molecule has 104 valence electrons. The summed E-state index contributed by atoms with van der Waals surface area (Å²) in [4.78, 5) is 0. The molecule has 1 heterocycles. The van der Waals surface area contributed by atoms with Crippen LogP contribution in [0.3, 0.4) is 0 Å². The zero-order chi connectivity index (χ0) is 14.0. The van der Waals surface area contributed by atoms with Crippen molar-refractivity contribution in [3.63, 3.8) is 0 Å². The van der Waals surface area contributed by atoms with Crippen LogP contribution in [0, 0.1) is 0 Å². The third-order valence-corrected chi connectivity index (χ3v) is 4.33. The number of nitrogens with one attached hydrogen (secondary N) is 1. The predicted molar refractivity (Wildman–Crippen MR) is 83.5 cm³/mol. The molecular formula is C14H19ClN2OS. The fraction of sp³-hybridized carbons (Fsp3) is 0.429. The van der Waals surface area contributed by atoms with Crippen molar-refractivity contribution in [2.45, 2.75) is 31.6 Å². The van der Waals surface area contributed by atoms with Gasteiger partial charge in [-0.05, 0) is 24.3 Å². The van der Waals surface area contributed by atoms with Crippen molar-refractivity contribution < 1.29 is 4.42 Å². The molecule has 5 heteroatoms. The fourth-order valence-electron chi connectivity index (χ4n) is 1.75. The number of nitrogens with two attached hydrogens (primary N) is 1. The molecule has 0 saturated heterocycles.